The molecule has 166 valence electrons. The van der Waals surface area contributed by atoms with E-state index in [-0.39, 0.29) is 11.5 Å². The maximum absolute atomic E-state index is 12.3. The number of amides is 1. The zero-order chi connectivity index (χ0) is 22.2. The molecule has 2 aliphatic rings. The topological polar surface area (TPSA) is 55.6 Å². The third-order valence-corrected chi connectivity index (χ3v) is 6.80. The fourth-order valence-corrected chi connectivity index (χ4v) is 5.02. The van der Waals surface area contributed by atoms with Crippen LogP contribution in [0.5, 0.6) is 0 Å². The Morgan fingerprint density at radius 3 is 2.52 bits per heavy atom. The second kappa shape index (κ2) is 8.52. The molecule has 1 aromatic carbocycles. The summed E-state index contributed by atoms with van der Waals surface area (Å²) < 4.78 is 2.33. The van der Waals surface area contributed by atoms with Gasteiger partial charge in [0.05, 0.1) is 5.71 Å². The molecule has 2 aliphatic carbocycles. The number of oxime groups is 1. The van der Waals surface area contributed by atoms with Crippen LogP contribution in [0.4, 0.5) is 4.79 Å². The van der Waals surface area contributed by atoms with Gasteiger partial charge in [-0.05, 0) is 81.2 Å². The van der Waals surface area contributed by atoms with E-state index in [1.165, 1.54) is 47.5 Å². The summed E-state index contributed by atoms with van der Waals surface area (Å²) in [4.78, 5) is 17.7. The van der Waals surface area contributed by atoms with Crippen LogP contribution in [0, 0.1) is 26.2 Å². The van der Waals surface area contributed by atoms with E-state index in [1.807, 2.05) is 0 Å². The first-order valence-electron chi connectivity index (χ1n) is 11.6. The molecule has 1 saturated carbocycles. The molecule has 0 bridgehead atoms. The number of rotatable bonds is 3. The van der Waals surface area contributed by atoms with E-state index in [0.717, 1.165) is 37.0 Å². The van der Waals surface area contributed by atoms with E-state index in [2.05, 4.69) is 73.9 Å². The number of benzene rings is 1. The van der Waals surface area contributed by atoms with Crippen molar-refractivity contribution in [3.63, 3.8) is 0 Å². The van der Waals surface area contributed by atoms with Crippen molar-refractivity contribution in [1.29, 1.82) is 0 Å². The van der Waals surface area contributed by atoms with Gasteiger partial charge in [-0.2, -0.15) is 0 Å². The van der Waals surface area contributed by atoms with Gasteiger partial charge in [-0.25, -0.2) is 4.79 Å². The van der Waals surface area contributed by atoms with Crippen LogP contribution in [0.1, 0.15) is 80.5 Å². The van der Waals surface area contributed by atoms with E-state index in [4.69, 9.17) is 4.84 Å². The molecule has 5 heteroatoms. The zero-order valence-electron chi connectivity index (χ0n) is 19.5. The number of carbonyl (C=O) groups excluding carboxylic acids is 1. The lowest BCUT2D eigenvalue weighted by atomic mass is 9.76. The molecule has 4 rings (SSSR count). The number of carbonyl (C=O) groups is 1. The van der Waals surface area contributed by atoms with E-state index in [9.17, 15) is 4.79 Å². The average Bonchev–Trinajstić information content (AvgIpc) is 3.04. The molecule has 31 heavy (non-hydrogen) atoms. The van der Waals surface area contributed by atoms with Gasteiger partial charge in [-0.15, -0.1) is 0 Å². The third-order valence-electron chi connectivity index (χ3n) is 6.80. The highest BCUT2D eigenvalue weighted by atomic mass is 16.7. The fourth-order valence-electron chi connectivity index (χ4n) is 5.02. The predicted octanol–water partition coefficient (Wildman–Crippen LogP) is 6.14. The lowest BCUT2D eigenvalue weighted by Gasteiger charge is -2.31. The number of nitrogens with zero attached hydrogens (tertiary/aromatic N) is 2. The second-order valence-electron chi connectivity index (χ2n) is 10.2. The standard InChI is InChI=1S/C26H35N3O2/c1-17-11-12-21(13-18(17)2)29-19(3)14-22-23(15-26(4,5)16-24(22)29)28-31-25(30)27-20-9-7-6-8-10-20/h11-14,20H,6-10,15-16H2,1-5H3,(H,27,30)/b28-23+. The second-order valence-corrected chi connectivity index (χ2v) is 10.2. The first-order chi connectivity index (χ1) is 14.7. The Kier molecular flexibility index (Phi) is 5.96. The van der Waals surface area contributed by atoms with Crippen LogP contribution < -0.4 is 5.32 Å². The van der Waals surface area contributed by atoms with E-state index in [0.29, 0.717) is 0 Å². The number of hydrogen-bond acceptors (Lipinski definition) is 3. The summed E-state index contributed by atoms with van der Waals surface area (Å²) in [5, 5.41) is 7.34. The molecular formula is C26H35N3O2. The summed E-state index contributed by atoms with van der Waals surface area (Å²) in [7, 11) is 0. The monoisotopic (exact) mass is 421 g/mol. The Morgan fingerprint density at radius 1 is 1.06 bits per heavy atom. The molecule has 1 aromatic heterocycles. The molecule has 0 unspecified atom stereocenters. The molecule has 2 aromatic rings. The Balaban J connectivity index is 1.62. The smallest absolute Gasteiger partial charge is 0.318 e. The number of hydrogen-bond donors (Lipinski definition) is 1. The fraction of sp³-hybridized carbons (Fsp3) is 0.538. The van der Waals surface area contributed by atoms with E-state index < -0.39 is 6.09 Å². The summed E-state index contributed by atoms with van der Waals surface area (Å²) in [5.74, 6) is 0. The van der Waals surface area contributed by atoms with Crippen molar-refractivity contribution in [3.8, 4) is 5.69 Å². The summed E-state index contributed by atoms with van der Waals surface area (Å²) in [6.45, 7) is 10.9. The number of aryl methyl sites for hydroxylation is 3. The minimum absolute atomic E-state index is 0.0390. The van der Waals surface area contributed by atoms with Crippen molar-refractivity contribution in [3.05, 3.63) is 52.3 Å². The highest BCUT2D eigenvalue weighted by molar-refractivity contribution is 6.03. The summed E-state index contributed by atoms with van der Waals surface area (Å²) >= 11 is 0. The normalized spacial score (nSPS) is 19.8. The number of fused-ring (bicyclic) bond motifs is 1. The van der Waals surface area contributed by atoms with Crippen LogP contribution in [0.25, 0.3) is 5.69 Å². The third kappa shape index (κ3) is 4.70. The van der Waals surface area contributed by atoms with Gasteiger partial charge < -0.3 is 9.88 Å². The number of nitrogens with one attached hydrogen (secondary N) is 1. The van der Waals surface area contributed by atoms with Crippen LogP contribution in [-0.4, -0.2) is 22.4 Å². The van der Waals surface area contributed by atoms with Crippen molar-refractivity contribution in [2.75, 3.05) is 0 Å². The summed E-state index contributed by atoms with van der Waals surface area (Å²) in [6, 6.07) is 9.00. The van der Waals surface area contributed by atoms with Crippen molar-refractivity contribution < 1.29 is 9.63 Å². The van der Waals surface area contributed by atoms with Crippen LogP contribution in [0.2, 0.25) is 0 Å². The minimum atomic E-state index is -0.436. The maximum Gasteiger partial charge on any atom is 0.433 e. The van der Waals surface area contributed by atoms with Gasteiger partial charge in [-0.1, -0.05) is 44.3 Å². The van der Waals surface area contributed by atoms with Crippen molar-refractivity contribution in [2.45, 2.75) is 85.6 Å². The Hall–Kier alpha value is -2.56. The molecule has 1 N–H and O–H groups in total. The van der Waals surface area contributed by atoms with Crippen molar-refractivity contribution in [1.82, 2.24) is 9.88 Å². The molecule has 1 fully saturated rings. The molecule has 0 aliphatic heterocycles. The Bertz CT molecular complexity index is 1010. The van der Waals surface area contributed by atoms with Gasteiger partial charge in [0.25, 0.3) is 0 Å². The zero-order valence-corrected chi connectivity index (χ0v) is 19.5. The highest BCUT2D eigenvalue weighted by Crippen LogP contribution is 2.38. The summed E-state index contributed by atoms with van der Waals surface area (Å²) in [6.07, 6.45) is 6.95. The van der Waals surface area contributed by atoms with Crippen LogP contribution >= 0.6 is 0 Å². The van der Waals surface area contributed by atoms with Gasteiger partial charge >= 0.3 is 6.09 Å². The number of aromatic nitrogens is 1. The SMILES string of the molecule is Cc1ccc(-n2c(C)cc3c2CC(C)(C)C/C3=N\OC(=O)NC2CCCCC2)cc1C. The average molecular weight is 422 g/mol. The quantitative estimate of drug-likeness (QED) is 0.478. The Labute approximate surface area is 185 Å². The predicted molar refractivity (Wildman–Crippen MR) is 125 cm³/mol. The van der Waals surface area contributed by atoms with Gasteiger partial charge in [0.2, 0.25) is 0 Å². The van der Waals surface area contributed by atoms with Crippen molar-refractivity contribution in [2.24, 2.45) is 10.6 Å². The first kappa shape index (κ1) is 21.7. The van der Waals surface area contributed by atoms with Crippen LogP contribution in [-0.2, 0) is 11.3 Å². The molecular weight excluding hydrogens is 386 g/mol. The van der Waals surface area contributed by atoms with Crippen LogP contribution in [0.15, 0.2) is 29.4 Å². The largest absolute Gasteiger partial charge is 0.433 e. The van der Waals surface area contributed by atoms with Gasteiger partial charge in [-0.3, -0.25) is 4.84 Å². The molecule has 0 saturated heterocycles. The lowest BCUT2D eigenvalue weighted by molar-refractivity contribution is 0.142. The van der Waals surface area contributed by atoms with E-state index >= 15 is 0 Å². The van der Waals surface area contributed by atoms with Crippen molar-refractivity contribution >= 4 is 11.8 Å². The van der Waals surface area contributed by atoms with Crippen LogP contribution in [0.3, 0.4) is 0 Å². The molecule has 5 nitrogen and oxygen atoms in total. The van der Waals surface area contributed by atoms with Gasteiger partial charge in [0, 0.05) is 28.7 Å². The summed E-state index contributed by atoms with van der Waals surface area (Å²) in [5.41, 5.74) is 8.16. The molecule has 1 amide bonds. The lowest BCUT2D eigenvalue weighted by Crippen LogP contribution is -2.36. The molecule has 0 spiro atoms. The maximum atomic E-state index is 12.3. The highest BCUT2D eigenvalue weighted by Gasteiger charge is 2.34. The Morgan fingerprint density at radius 2 is 1.81 bits per heavy atom. The van der Waals surface area contributed by atoms with Gasteiger partial charge in [0.15, 0.2) is 0 Å². The van der Waals surface area contributed by atoms with E-state index in [1.54, 1.807) is 0 Å². The molecule has 0 atom stereocenters. The van der Waals surface area contributed by atoms with Gasteiger partial charge in [0.1, 0.15) is 0 Å². The molecule has 1 heterocycles. The minimum Gasteiger partial charge on any atom is -0.318 e. The molecule has 0 radical (unpaired) electrons. The first-order valence-corrected chi connectivity index (χ1v) is 11.6.